The Labute approximate surface area is 168 Å². The molecule has 4 rings (SSSR count). The van der Waals surface area contributed by atoms with Crippen LogP contribution in [-0.2, 0) is 0 Å². The van der Waals surface area contributed by atoms with E-state index in [1.165, 1.54) is 0 Å². The van der Waals surface area contributed by atoms with Crippen molar-refractivity contribution in [1.82, 2.24) is 14.9 Å². The van der Waals surface area contributed by atoms with Crippen LogP contribution in [0, 0.1) is 23.2 Å². The zero-order valence-electron chi connectivity index (χ0n) is 14.6. The number of hydrogen-bond donors (Lipinski definition) is 0. The number of fused-ring (bicyclic) bond motifs is 1. The zero-order chi connectivity index (χ0) is 18.8. The Morgan fingerprint density at radius 1 is 1.11 bits per heavy atom. The molecule has 2 aromatic rings. The van der Waals surface area contributed by atoms with Gasteiger partial charge in [-0.1, -0.05) is 35.0 Å². The topological polar surface area (TPSA) is 56.1 Å². The minimum Gasteiger partial charge on any atom is -0.351 e. The Hall–Kier alpha value is -2.31. The first-order chi connectivity index (χ1) is 13.2. The maximum Gasteiger partial charge on any atom is 0.183 e. The summed E-state index contributed by atoms with van der Waals surface area (Å²) in [4.78, 5) is 13.1. The minimum absolute atomic E-state index is 0.212. The molecular weight excluding hydrogens is 381 g/mol. The number of aromatic nitrogens is 2. The third-order valence-corrected chi connectivity index (χ3v) is 5.65. The van der Waals surface area contributed by atoms with Crippen molar-refractivity contribution in [3.8, 4) is 17.9 Å². The maximum absolute atomic E-state index is 9.27. The van der Waals surface area contributed by atoms with E-state index in [1.807, 2.05) is 0 Å². The van der Waals surface area contributed by atoms with Crippen LogP contribution in [0.5, 0.6) is 0 Å². The van der Waals surface area contributed by atoms with Gasteiger partial charge in [0.15, 0.2) is 11.5 Å². The second kappa shape index (κ2) is 7.74. The number of halogens is 2. The molecule has 2 aliphatic heterocycles. The molecule has 2 aliphatic rings. The van der Waals surface area contributed by atoms with Gasteiger partial charge >= 0.3 is 0 Å². The molecule has 2 saturated heterocycles. The summed E-state index contributed by atoms with van der Waals surface area (Å²) in [6, 6.07) is 8.10. The van der Waals surface area contributed by atoms with E-state index >= 15 is 0 Å². The van der Waals surface area contributed by atoms with E-state index < -0.39 is 0 Å². The molecule has 1 aromatic carbocycles. The van der Waals surface area contributed by atoms with E-state index in [9.17, 15) is 5.26 Å². The molecule has 0 amide bonds. The Kier molecular flexibility index (Phi) is 5.18. The summed E-state index contributed by atoms with van der Waals surface area (Å²) in [7, 11) is 0. The molecule has 0 aliphatic carbocycles. The lowest BCUT2D eigenvalue weighted by Gasteiger charge is -2.39. The van der Waals surface area contributed by atoms with E-state index in [1.54, 1.807) is 30.6 Å². The average Bonchev–Trinajstić information content (AvgIpc) is 3.11. The van der Waals surface area contributed by atoms with Gasteiger partial charge in [0.25, 0.3) is 0 Å². The molecule has 7 heteroatoms. The summed E-state index contributed by atoms with van der Waals surface area (Å²) < 4.78 is 0. The number of rotatable bonds is 1. The Balaban J connectivity index is 1.48. The highest BCUT2D eigenvalue weighted by Gasteiger charge is 2.37. The Morgan fingerprint density at radius 3 is 2.81 bits per heavy atom. The first-order valence-corrected chi connectivity index (χ1v) is 9.59. The molecule has 0 N–H and O–H groups in total. The monoisotopic (exact) mass is 397 g/mol. The molecule has 0 radical (unpaired) electrons. The summed E-state index contributed by atoms with van der Waals surface area (Å²) in [5.41, 5.74) is 1.15. The van der Waals surface area contributed by atoms with Gasteiger partial charge in [0.2, 0.25) is 0 Å². The van der Waals surface area contributed by atoms with Gasteiger partial charge in [0, 0.05) is 48.7 Å². The highest BCUT2D eigenvalue weighted by atomic mass is 35.5. The summed E-state index contributed by atoms with van der Waals surface area (Å²) in [5.74, 6) is 7.26. The smallest absolute Gasteiger partial charge is 0.183 e. The van der Waals surface area contributed by atoms with Gasteiger partial charge in [-0.15, -0.1) is 0 Å². The van der Waals surface area contributed by atoms with E-state index in [2.05, 4.69) is 37.7 Å². The van der Waals surface area contributed by atoms with Crippen molar-refractivity contribution in [3.63, 3.8) is 0 Å². The normalized spacial score (nSPS) is 21.9. The summed E-state index contributed by atoms with van der Waals surface area (Å²) in [5, 5.41) is 10.5. The fourth-order valence-corrected chi connectivity index (χ4v) is 4.13. The third-order valence-electron chi connectivity index (χ3n) is 5.09. The van der Waals surface area contributed by atoms with E-state index in [4.69, 9.17) is 23.2 Å². The highest BCUT2D eigenvalue weighted by Crippen LogP contribution is 2.29. The first-order valence-electron chi connectivity index (χ1n) is 8.84. The van der Waals surface area contributed by atoms with Gasteiger partial charge in [-0.3, -0.25) is 4.90 Å². The van der Waals surface area contributed by atoms with Gasteiger partial charge in [-0.25, -0.2) is 9.97 Å². The molecule has 0 saturated carbocycles. The number of hydrogen-bond acceptors (Lipinski definition) is 5. The molecular formula is C20H17Cl2N5. The zero-order valence-corrected chi connectivity index (χ0v) is 16.1. The fraction of sp³-hybridized carbons (Fsp3) is 0.350. The molecule has 3 heterocycles. The van der Waals surface area contributed by atoms with Crippen LogP contribution >= 0.6 is 23.2 Å². The van der Waals surface area contributed by atoms with Crippen LogP contribution in [0.4, 0.5) is 5.82 Å². The van der Waals surface area contributed by atoms with Crippen LogP contribution in [0.25, 0.3) is 0 Å². The van der Waals surface area contributed by atoms with E-state index in [0.29, 0.717) is 27.6 Å². The van der Waals surface area contributed by atoms with Crippen LogP contribution < -0.4 is 4.90 Å². The van der Waals surface area contributed by atoms with Gasteiger partial charge < -0.3 is 4.90 Å². The van der Waals surface area contributed by atoms with Crippen LogP contribution in [0.15, 0.2) is 30.6 Å². The van der Waals surface area contributed by atoms with Gasteiger partial charge in [-0.05, 0) is 31.0 Å². The Morgan fingerprint density at radius 2 is 1.96 bits per heavy atom. The van der Waals surface area contributed by atoms with Crippen molar-refractivity contribution in [2.75, 3.05) is 24.5 Å². The van der Waals surface area contributed by atoms with Crippen LogP contribution in [0.2, 0.25) is 10.0 Å². The lowest BCUT2D eigenvalue weighted by atomic mass is 10.1. The highest BCUT2D eigenvalue weighted by molar-refractivity contribution is 6.33. The second-order valence-corrected chi connectivity index (χ2v) is 7.51. The molecule has 5 nitrogen and oxygen atoms in total. The number of nitriles is 1. The first kappa shape index (κ1) is 18.1. The van der Waals surface area contributed by atoms with Crippen molar-refractivity contribution in [1.29, 1.82) is 5.26 Å². The molecule has 0 bridgehead atoms. The van der Waals surface area contributed by atoms with E-state index in [0.717, 1.165) is 38.0 Å². The number of anilines is 1. The molecule has 2 atom stereocenters. The minimum atomic E-state index is 0.212. The molecule has 2 fully saturated rings. The van der Waals surface area contributed by atoms with Crippen LogP contribution in [-0.4, -0.2) is 46.6 Å². The van der Waals surface area contributed by atoms with Crippen molar-refractivity contribution >= 4 is 29.0 Å². The number of benzene rings is 1. The largest absolute Gasteiger partial charge is 0.351 e. The van der Waals surface area contributed by atoms with Gasteiger partial charge in [0.05, 0.1) is 11.1 Å². The van der Waals surface area contributed by atoms with Crippen LogP contribution in [0.1, 0.15) is 24.1 Å². The number of piperazine rings is 1. The lowest BCUT2D eigenvalue weighted by molar-refractivity contribution is 0.202. The lowest BCUT2D eigenvalue weighted by Crippen LogP contribution is -2.52. The number of nitrogens with zero attached hydrogens (tertiary/aromatic N) is 5. The SMILES string of the molecule is N#Cc1nccnc1N1CCN2[C@@H](CC[C@@H]2C#Cc2cc(Cl)ccc2Cl)C1. The second-order valence-electron chi connectivity index (χ2n) is 6.66. The van der Waals surface area contributed by atoms with Gasteiger partial charge in [0.1, 0.15) is 6.07 Å². The fourth-order valence-electron chi connectivity index (χ4n) is 3.80. The predicted molar refractivity (Wildman–Crippen MR) is 106 cm³/mol. The molecule has 1 aromatic heterocycles. The molecule has 0 unspecified atom stereocenters. The predicted octanol–water partition coefficient (Wildman–Crippen LogP) is 3.36. The van der Waals surface area contributed by atoms with Crippen molar-refractivity contribution < 1.29 is 0 Å². The van der Waals surface area contributed by atoms with Crippen molar-refractivity contribution in [2.24, 2.45) is 0 Å². The van der Waals surface area contributed by atoms with Crippen LogP contribution in [0.3, 0.4) is 0 Å². The van der Waals surface area contributed by atoms with Crippen molar-refractivity contribution in [2.45, 2.75) is 24.9 Å². The third kappa shape index (κ3) is 3.73. The van der Waals surface area contributed by atoms with Gasteiger partial charge in [-0.2, -0.15) is 5.26 Å². The van der Waals surface area contributed by atoms with E-state index in [-0.39, 0.29) is 6.04 Å². The summed E-state index contributed by atoms with van der Waals surface area (Å²) >= 11 is 12.3. The van der Waals surface area contributed by atoms with Crippen molar-refractivity contribution in [3.05, 3.63) is 51.9 Å². The average molecular weight is 398 g/mol. The molecule has 136 valence electrons. The summed E-state index contributed by atoms with van der Waals surface area (Å²) in [6.45, 7) is 2.53. The summed E-state index contributed by atoms with van der Waals surface area (Å²) in [6.07, 6.45) is 5.29. The quantitative estimate of drug-likeness (QED) is 0.690. The standard InChI is InChI=1S/C20H17Cl2N5/c21-15-2-6-18(22)14(11-15)1-3-16-4-5-17-13-26(9-10-27(16)17)20-19(12-23)24-7-8-25-20/h2,6-8,11,16-17H,4-5,9-10,13H2/t16-,17-/m0/s1. The molecule has 27 heavy (non-hydrogen) atoms. The Bertz CT molecular complexity index is 959. The molecule has 0 spiro atoms. The maximum atomic E-state index is 9.27.